The normalized spacial score (nSPS) is 10.6. The third-order valence-corrected chi connectivity index (χ3v) is 4.12. The summed E-state index contributed by atoms with van der Waals surface area (Å²) in [5.74, 6) is 0.541. The quantitative estimate of drug-likeness (QED) is 0.648. The molecule has 0 aliphatic rings. The van der Waals surface area contributed by atoms with Crippen molar-refractivity contribution >= 4 is 34.7 Å². The van der Waals surface area contributed by atoms with Crippen LogP contribution in [0.15, 0.2) is 48.9 Å². The number of thiocarbonyl (C=S) groups is 1. The van der Waals surface area contributed by atoms with Crippen LogP contribution in [0.5, 0.6) is 0 Å². The molecule has 0 saturated carbocycles. The Morgan fingerprint density at radius 1 is 1.16 bits per heavy atom. The van der Waals surface area contributed by atoms with Crippen LogP contribution in [0.25, 0.3) is 0 Å². The molecule has 6 nitrogen and oxygen atoms in total. The number of aryl methyl sites for hydroxylation is 1. The molecule has 2 N–H and O–H groups in total. The van der Waals surface area contributed by atoms with Crippen LogP contribution in [0, 0.1) is 0 Å². The van der Waals surface area contributed by atoms with Crippen molar-refractivity contribution in [2.24, 2.45) is 0 Å². The second-order valence-corrected chi connectivity index (χ2v) is 6.34. The average Bonchev–Trinajstić information content (AvgIpc) is 3.21. The first-order valence-electron chi connectivity index (χ1n) is 7.97. The van der Waals surface area contributed by atoms with Crippen LogP contribution in [-0.4, -0.2) is 24.7 Å². The summed E-state index contributed by atoms with van der Waals surface area (Å²) in [6.45, 7) is 4.13. The Kier molecular flexibility index (Phi) is 5.67. The van der Waals surface area contributed by atoms with Crippen LogP contribution in [0.3, 0.4) is 0 Å². The zero-order valence-corrected chi connectivity index (χ0v) is 15.4. The smallest absolute Gasteiger partial charge is 0.173 e. The van der Waals surface area contributed by atoms with Crippen molar-refractivity contribution in [3.63, 3.8) is 0 Å². The fourth-order valence-electron chi connectivity index (χ4n) is 2.34. The molecule has 3 aromatic rings. The number of hydrogen-bond acceptors (Lipinski definition) is 3. The lowest BCUT2D eigenvalue weighted by atomic mass is 10.2. The van der Waals surface area contributed by atoms with E-state index in [0.29, 0.717) is 29.0 Å². The fourth-order valence-corrected chi connectivity index (χ4v) is 2.70. The Hall–Kier alpha value is -2.38. The molecule has 1 aromatic carbocycles. The first-order valence-corrected chi connectivity index (χ1v) is 8.75. The number of hydrogen-bond donors (Lipinski definition) is 2. The number of nitrogens with one attached hydrogen (secondary N) is 2. The second-order valence-electron chi connectivity index (χ2n) is 5.52. The van der Waals surface area contributed by atoms with E-state index in [0.717, 1.165) is 17.7 Å². The Balaban J connectivity index is 1.56. The number of anilines is 1. The highest BCUT2D eigenvalue weighted by Crippen LogP contribution is 2.20. The molecule has 130 valence electrons. The molecular formula is C17H19ClN6S. The van der Waals surface area contributed by atoms with E-state index in [4.69, 9.17) is 23.8 Å². The topological polar surface area (TPSA) is 59.7 Å². The minimum atomic E-state index is 0.469. The molecule has 25 heavy (non-hydrogen) atoms. The van der Waals surface area contributed by atoms with Crippen LogP contribution >= 0.6 is 23.8 Å². The molecule has 0 bridgehead atoms. The van der Waals surface area contributed by atoms with Gasteiger partial charge in [0.25, 0.3) is 0 Å². The van der Waals surface area contributed by atoms with Crippen molar-refractivity contribution in [2.45, 2.75) is 26.6 Å². The third-order valence-electron chi connectivity index (χ3n) is 3.60. The largest absolute Gasteiger partial charge is 0.358 e. The van der Waals surface area contributed by atoms with Gasteiger partial charge in [-0.25, -0.2) is 0 Å². The van der Waals surface area contributed by atoms with Gasteiger partial charge in [0, 0.05) is 31.0 Å². The van der Waals surface area contributed by atoms with E-state index in [1.165, 1.54) is 0 Å². The monoisotopic (exact) mass is 374 g/mol. The second kappa shape index (κ2) is 8.13. The van der Waals surface area contributed by atoms with E-state index in [1.807, 2.05) is 54.3 Å². The number of nitrogens with zero attached hydrogens (tertiary/aromatic N) is 4. The highest BCUT2D eigenvalue weighted by molar-refractivity contribution is 7.80. The minimum Gasteiger partial charge on any atom is -0.358 e. The number of benzene rings is 1. The highest BCUT2D eigenvalue weighted by atomic mass is 35.5. The Morgan fingerprint density at radius 2 is 1.96 bits per heavy atom. The zero-order chi connectivity index (χ0) is 17.6. The van der Waals surface area contributed by atoms with Crippen molar-refractivity contribution in [1.82, 2.24) is 24.9 Å². The number of halogens is 1. The van der Waals surface area contributed by atoms with Gasteiger partial charge in [-0.3, -0.25) is 9.36 Å². The van der Waals surface area contributed by atoms with Gasteiger partial charge in [-0.05, 0) is 24.7 Å². The summed E-state index contributed by atoms with van der Waals surface area (Å²) < 4.78 is 3.66. The van der Waals surface area contributed by atoms with Gasteiger partial charge >= 0.3 is 0 Å². The lowest BCUT2D eigenvalue weighted by Crippen LogP contribution is -2.28. The van der Waals surface area contributed by atoms with Crippen LogP contribution < -0.4 is 10.6 Å². The van der Waals surface area contributed by atoms with E-state index < -0.39 is 0 Å². The van der Waals surface area contributed by atoms with Crippen molar-refractivity contribution in [2.75, 3.05) is 5.32 Å². The van der Waals surface area contributed by atoms with Gasteiger partial charge in [0.2, 0.25) is 0 Å². The summed E-state index contributed by atoms with van der Waals surface area (Å²) in [6.07, 6.45) is 5.59. The molecule has 0 saturated heterocycles. The first-order chi connectivity index (χ1) is 12.1. The molecule has 0 amide bonds. The van der Waals surface area contributed by atoms with Crippen molar-refractivity contribution < 1.29 is 0 Å². The first kappa shape index (κ1) is 17.4. The summed E-state index contributed by atoms with van der Waals surface area (Å²) in [4.78, 5) is 0. The maximum atomic E-state index is 6.25. The fraction of sp³-hybridized carbons (Fsp3) is 0.235. The maximum absolute atomic E-state index is 6.25. The summed E-state index contributed by atoms with van der Waals surface area (Å²) in [5.41, 5.74) is 2.22. The summed E-state index contributed by atoms with van der Waals surface area (Å²) >= 11 is 11.6. The van der Waals surface area contributed by atoms with Crippen molar-refractivity contribution in [3.05, 3.63) is 65.1 Å². The van der Waals surface area contributed by atoms with E-state index >= 15 is 0 Å². The number of aromatic nitrogens is 4. The van der Waals surface area contributed by atoms with Crippen molar-refractivity contribution in [1.29, 1.82) is 0 Å². The highest BCUT2D eigenvalue weighted by Gasteiger charge is 2.09. The molecule has 2 heterocycles. The Bertz CT molecular complexity index is 842. The van der Waals surface area contributed by atoms with Crippen LogP contribution in [0.4, 0.5) is 5.82 Å². The zero-order valence-electron chi connectivity index (χ0n) is 13.8. The molecule has 3 rings (SSSR count). The Labute approximate surface area is 156 Å². The standard InChI is InChI=1S/C17H19ClN6S/c1-2-23-11-14(9-20-23)8-19-17(25)21-16-15(18)12-24(22-16)10-13-6-4-3-5-7-13/h3-7,9,11-12H,2,8,10H2,1H3,(H2,19,21,22,25). The van der Waals surface area contributed by atoms with E-state index in [2.05, 4.69) is 20.8 Å². The van der Waals surface area contributed by atoms with E-state index in [9.17, 15) is 0 Å². The molecular weight excluding hydrogens is 356 g/mol. The molecule has 0 aliphatic heterocycles. The lowest BCUT2D eigenvalue weighted by Gasteiger charge is -2.07. The van der Waals surface area contributed by atoms with Gasteiger partial charge in [-0.15, -0.1) is 0 Å². The van der Waals surface area contributed by atoms with Gasteiger partial charge in [0.15, 0.2) is 10.9 Å². The molecule has 0 aliphatic carbocycles. The van der Waals surface area contributed by atoms with Gasteiger partial charge in [0.1, 0.15) is 5.02 Å². The molecule has 0 fully saturated rings. The predicted molar refractivity (Wildman–Crippen MR) is 104 cm³/mol. The van der Waals surface area contributed by atoms with Crippen LogP contribution in [-0.2, 0) is 19.6 Å². The predicted octanol–water partition coefficient (Wildman–Crippen LogP) is 3.29. The van der Waals surface area contributed by atoms with Gasteiger partial charge in [-0.1, -0.05) is 41.9 Å². The van der Waals surface area contributed by atoms with Crippen LogP contribution in [0.2, 0.25) is 5.02 Å². The SMILES string of the molecule is CCn1cc(CNC(=S)Nc2nn(Cc3ccccc3)cc2Cl)cn1. The van der Waals surface area contributed by atoms with Crippen LogP contribution in [0.1, 0.15) is 18.1 Å². The molecule has 0 atom stereocenters. The third kappa shape index (κ3) is 4.80. The maximum Gasteiger partial charge on any atom is 0.173 e. The summed E-state index contributed by atoms with van der Waals surface area (Å²) in [5, 5.41) is 15.8. The van der Waals surface area contributed by atoms with Gasteiger partial charge in [0.05, 0.1) is 12.7 Å². The average molecular weight is 375 g/mol. The molecule has 0 unspecified atom stereocenters. The van der Waals surface area contributed by atoms with E-state index in [-0.39, 0.29) is 0 Å². The lowest BCUT2D eigenvalue weighted by molar-refractivity contribution is 0.659. The van der Waals surface area contributed by atoms with E-state index in [1.54, 1.807) is 10.9 Å². The Morgan fingerprint density at radius 3 is 2.68 bits per heavy atom. The molecule has 0 radical (unpaired) electrons. The van der Waals surface area contributed by atoms with Crippen molar-refractivity contribution in [3.8, 4) is 0 Å². The minimum absolute atomic E-state index is 0.469. The number of rotatable bonds is 6. The van der Waals surface area contributed by atoms with Gasteiger partial charge < -0.3 is 10.6 Å². The van der Waals surface area contributed by atoms with Gasteiger partial charge in [-0.2, -0.15) is 10.2 Å². The summed E-state index contributed by atoms with van der Waals surface area (Å²) in [6, 6.07) is 10.1. The molecule has 8 heteroatoms. The molecule has 0 spiro atoms. The molecule has 2 aromatic heterocycles. The summed E-state index contributed by atoms with van der Waals surface area (Å²) in [7, 11) is 0.